The number of carboxylic acid groups (broad SMARTS) is 1. The number of carbonyl (C=O) groups is 2. The van der Waals surface area contributed by atoms with E-state index in [1.807, 2.05) is 30.4 Å². The van der Waals surface area contributed by atoms with Crippen LogP contribution in [0.5, 0.6) is 0 Å². The summed E-state index contributed by atoms with van der Waals surface area (Å²) in [4.78, 5) is 28.1. The van der Waals surface area contributed by atoms with E-state index in [2.05, 4.69) is 20.6 Å². The van der Waals surface area contributed by atoms with Gasteiger partial charge < -0.3 is 5.11 Å². The minimum Gasteiger partial charge on any atom is -0.480 e. The van der Waals surface area contributed by atoms with Crippen LogP contribution in [0.1, 0.15) is 6.42 Å². The van der Waals surface area contributed by atoms with Gasteiger partial charge in [-0.2, -0.15) is 10.2 Å². The molecule has 2 aliphatic heterocycles. The molecule has 1 aliphatic carbocycles. The number of amides is 1. The maximum Gasteiger partial charge on any atom is 0.328 e. The molecule has 1 saturated heterocycles. The molecule has 3 aliphatic rings. The number of fused-ring (bicyclic) bond motifs is 3. The molecular formula is C16H15N5O3. The van der Waals surface area contributed by atoms with Gasteiger partial charge in [-0.05, 0) is 18.6 Å². The van der Waals surface area contributed by atoms with E-state index >= 15 is 0 Å². The molecule has 1 amide bonds. The molecule has 2 heterocycles. The van der Waals surface area contributed by atoms with Gasteiger partial charge in [0, 0.05) is 5.92 Å². The van der Waals surface area contributed by atoms with Crippen LogP contribution in [0.3, 0.4) is 0 Å². The highest BCUT2D eigenvalue weighted by Crippen LogP contribution is 2.34. The number of hydrogen-bond acceptors (Lipinski definition) is 6. The number of carboxylic acids is 1. The van der Waals surface area contributed by atoms with E-state index in [9.17, 15) is 14.7 Å². The summed E-state index contributed by atoms with van der Waals surface area (Å²) in [6.07, 6.45) is 4.46. The molecule has 0 radical (unpaired) electrons. The molecule has 24 heavy (non-hydrogen) atoms. The Balaban J connectivity index is 1.68. The van der Waals surface area contributed by atoms with E-state index in [4.69, 9.17) is 0 Å². The Labute approximate surface area is 137 Å². The van der Waals surface area contributed by atoms with Gasteiger partial charge in [-0.1, -0.05) is 30.4 Å². The fourth-order valence-electron chi connectivity index (χ4n) is 3.30. The second kappa shape index (κ2) is 5.55. The van der Waals surface area contributed by atoms with Crippen molar-refractivity contribution in [1.82, 2.24) is 10.4 Å². The number of benzene rings is 1. The van der Waals surface area contributed by atoms with Gasteiger partial charge in [0.2, 0.25) is 6.04 Å². The van der Waals surface area contributed by atoms with Crippen molar-refractivity contribution in [3.63, 3.8) is 0 Å². The van der Waals surface area contributed by atoms with Crippen molar-refractivity contribution in [3.05, 3.63) is 42.5 Å². The number of aliphatic carboxylic acids is 1. The molecule has 4 unspecified atom stereocenters. The molecule has 1 fully saturated rings. The van der Waals surface area contributed by atoms with Crippen molar-refractivity contribution < 1.29 is 14.7 Å². The number of hydrazine groups is 1. The molecule has 122 valence electrons. The standard InChI is InChI=1S/C16H15N5O3/c22-15-13(19-18-9-5-2-1-3-6-9)14-17-12(16(23)24)10-7-4-8-11(10)21(14)20-15/h1-6,8,10-13H,7H2,(H,20,22)(H,23,24). The monoisotopic (exact) mass is 325 g/mol. The van der Waals surface area contributed by atoms with Gasteiger partial charge in [0.25, 0.3) is 5.91 Å². The minimum atomic E-state index is -0.987. The zero-order chi connectivity index (χ0) is 16.7. The van der Waals surface area contributed by atoms with Crippen LogP contribution in [-0.2, 0) is 9.59 Å². The normalized spacial score (nSPS) is 30.9. The molecular weight excluding hydrogens is 310 g/mol. The van der Waals surface area contributed by atoms with E-state index in [1.165, 1.54) is 0 Å². The first-order valence-corrected chi connectivity index (χ1v) is 7.68. The highest BCUT2D eigenvalue weighted by atomic mass is 16.4. The molecule has 4 atom stereocenters. The molecule has 8 nitrogen and oxygen atoms in total. The quantitative estimate of drug-likeness (QED) is 0.645. The predicted molar refractivity (Wildman–Crippen MR) is 84.6 cm³/mol. The zero-order valence-corrected chi connectivity index (χ0v) is 12.6. The highest BCUT2D eigenvalue weighted by Gasteiger charge is 2.50. The van der Waals surface area contributed by atoms with Gasteiger partial charge in [0.15, 0.2) is 11.9 Å². The summed E-state index contributed by atoms with van der Waals surface area (Å²) < 4.78 is 0. The van der Waals surface area contributed by atoms with Gasteiger partial charge in [-0.15, -0.1) is 0 Å². The summed E-state index contributed by atoms with van der Waals surface area (Å²) in [5.74, 6) is -1.20. The third-order valence-electron chi connectivity index (χ3n) is 4.42. The van der Waals surface area contributed by atoms with Crippen molar-refractivity contribution >= 4 is 23.4 Å². The van der Waals surface area contributed by atoms with Crippen LogP contribution in [-0.4, -0.2) is 46.0 Å². The molecule has 0 bridgehead atoms. The Kier molecular flexibility index (Phi) is 3.37. The van der Waals surface area contributed by atoms with Gasteiger partial charge in [0.05, 0.1) is 11.7 Å². The molecule has 1 aromatic rings. The van der Waals surface area contributed by atoms with Gasteiger partial charge in [-0.25, -0.2) is 4.79 Å². The van der Waals surface area contributed by atoms with Gasteiger partial charge in [-0.3, -0.25) is 20.2 Å². The lowest BCUT2D eigenvalue weighted by Crippen LogP contribution is -2.53. The van der Waals surface area contributed by atoms with Crippen LogP contribution >= 0.6 is 0 Å². The van der Waals surface area contributed by atoms with Crippen molar-refractivity contribution in [3.8, 4) is 0 Å². The van der Waals surface area contributed by atoms with E-state index in [1.54, 1.807) is 17.1 Å². The second-order valence-corrected chi connectivity index (χ2v) is 5.89. The van der Waals surface area contributed by atoms with Crippen LogP contribution in [0.2, 0.25) is 0 Å². The van der Waals surface area contributed by atoms with Crippen LogP contribution in [0.25, 0.3) is 0 Å². The van der Waals surface area contributed by atoms with Crippen molar-refractivity contribution in [2.75, 3.05) is 0 Å². The first-order valence-electron chi connectivity index (χ1n) is 7.68. The zero-order valence-electron chi connectivity index (χ0n) is 12.6. The number of aliphatic imine (C=N–C) groups is 1. The van der Waals surface area contributed by atoms with Crippen LogP contribution in [0, 0.1) is 5.92 Å². The second-order valence-electron chi connectivity index (χ2n) is 5.89. The van der Waals surface area contributed by atoms with Crippen LogP contribution < -0.4 is 5.43 Å². The largest absolute Gasteiger partial charge is 0.480 e. The predicted octanol–water partition coefficient (Wildman–Crippen LogP) is 1.30. The average Bonchev–Trinajstić information content (AvgIpc) is 3.17. The summed E-state index contributed by atoms with van der Waals surface area (Å²) in [5, 5.41) is 19.2. The third kappa shape index (κ3) is 2.27. The highest BCUT2D eigenvalue weighted by molar-refractivity contribution is 6.13. The lowest BCUT2D eigenvalue weighted by Gasteiger charge is -2.36. The van der Waals surface area contributed by atoms with Crippen molar-refractivity contribution in [2.45, 2.75) is 24.5 Å². The van der Waals surface area contributed by atoms with E-state index in [0.29, 0.717) is 17.9 Å². The first-order chi connectivity index (χ1) is 11.6. The number of carbonyl (C=O) groups excluding carboxylic acids is 1. The molecule has 8 heteroatoms. The molecule has 0 spiro atoms. The number of hydrogen-bond donors (Lipinski definition) is 2. The fraction of sp³-hybridized carbons (Fsp3) is 0.312. The molecule has 1 aromatic carbocycles. The van der Waals surface area contributed by atoms with Crippen molar-refractivity contribution in [2.24, 2.45) is 21.1 Å². The lowest BCUT2D eigenvalue weighted by atomic mass is 9.91. The average molecular weight is 325 g/mol. The molecule has 4 rings (SSSR count). The van der Waals surface area contributed by atoms with Crippen LogP contribution in [0.15, 0.2) is 57.7 Å². The Bertz CT molecular complexity index is 773. The number of rotatable bonds is 3. The van der Waals surface area contributed by atoms with Crippen molar-refractivity contribution in [1.29, 1.82) is 0 Å². The van der Waals surface area contributed by atoms with E-state index < -0.39 is 18.1 Å². The molecule has 0 saturated carbocycles. The maximum atomic E-state index is 12.3. The third-order valence-corrected chi connectivity index (χ3v) is 4.42. The Morgan fingerprint density at radius 1 is 1.33 bits per heavy atom. The lowest BCUT2D eigenvalue weighted by molar-refractivity contribution is -0.140. The van der Waals surface area contributed by atoms with Crippen LogP contribution in [0.4, 0.5) is 5.69 Å². The Morgan fingerprint density at radius 2 is 2.12 bits per heavy atom. The first kappa shape index (κ1) is 14.6. The molecule has 0 aromatic heterocycles. The minimum absolute atomic E-state index is 0.184. The van der Waals surface area contributed by atoms with Gasteiger partial charge >= 0.3 is 5.97 Å². The number of nitrogens with zero attached hydrogens (tertiary/aromatic N) is 4. The summed E-state index contributed by atoms with van der Waals surface area (Å²) in [6.45, 7) is 0. The van der Waals surface area contributed by atoms with Gasteiger partial charge in [0.1, 0.15) is 0 Å². The van der Waals surface area contributed by atoms with E-state index in [0.717, 1.165) is 0 Å². The van der Waals surface area contributed by atoms with E-state index in [-0.39, 0.29) is 17.9 Å². The summed E-state index contributed by atoms with van der Waals surface area (Å²) in [5.41, 5.74) is 3.36. The molecule has 2 N–H and O–H groups in total. The topological polar surface area (TPSA) is 107 Å². The Morgan fingerprint density at radius 3 is 2.88 bits per heavy atom. The number of allylic oxidation sites excluding steroid dienone is 1. The fourth-order valence-corrected chi connectivity index (χ4v) is 3.30. The Hall–Kier alpha value is -3.03. The summed E-state index contributed by atoms with van der Waals surface area (Å²) in [7, 11) is 0. The SMILES string of the molecule is O=C1NN2C(=NC(C(=O)O)C3CC=CC32)C1N=Nc1ccccc1. The number of azo groups is 1. The number of amidine groups is 1. The summed E-state index contributed by atoms with van der Waals surface area (Å²) in [6, 6.07) is 7.03. The maximum absolute atomic E-state index is 12.3. The smallest absolute Gasteiger partial charge is 0.328 e. The summed E-state index contributed by atoms with van der Waals surface area (Å²) >= 11 is 0. The number of nitrogens with one attached hydrogen (secondary N) is 1.